The Balaban J connectivity index is 1.93. The molecule has 0 aromatic heterocycles. The van der Waals surface area contributed by atoms with Crippen molar-refractivity contribution in [2.75, 3.05) is 23.7 Å². The average Bonchev–Trinajstić information content (AvgIpc) is 2.65. The summed E-state index contributed by atoms with van der Waals surface area (Å²) in [5.74, 6) is -0.275. The van der Waals surface area contributed by atoms with E-state index >= 15 is 0 Å². The number of halogens is 1. The SMILES string of the molecule is C[C@H](C(=O)NCCOc1ccc(C(C)(C)C)cc1)N(c1ccc(F)cc1)S(C)(=O)=O. The molecule has 2 aromatic rings. The maximum absolute atomic E-state index is 13.2. The Morgan fingerprint density at radius 2 is 1.67 bits per heavy atom. The normalized spacial score (nSPS) is 12.9. The molecular weight excluding hydrogens is 407 g/mol. The number of nitrogens with zero attached hydrogens (tertiary/aromatic N) is 1. The van der Waals surface area contributed by atoms with Crippen LogP contribution in [-0.2, 0) is 20.2 Å². The Kier molecular flexibility index (Phi) is 7.47. The molecule has 0 saturated carbocycles. The number of amides is 1. The first-order chi connectivity index (χ1) is 13.9. The minimum absolute atomic E-state index is 0.0542. The number of hydrogen-bond donors (Lipinski definition) is 1. The summed E-state index contributed by atoms with van der Waals surface area (Å²) in [4.78, 5) is 12.5. The highest BCUT2D eigenvalue weighted by Gasteiger charge is 2.28. The smallest absolute Gasteiger partial charge is 0.243 e. The summed E-state index contributed by atoms with van der Waals surface area (Å²) >= 11 is 0. The summed E-state index contributed by atoms with van der Waals surface area (Å²) in [6.45, 7) is 8.32. The highest BCUT2D eigenvalue weighted by molar-refractivity contribution is 7.92. The standard InChI is InChI=1S/C22H29FN2O4S/c1-16(25(30(5,27)28)19-10-8-18(23)9-11-19)21(26)24-14-15-29-20-12-6-17(7-13-20)22(2,3)4/h6-13,16H,14-15H2,1-5H3,(H,24,26)/t16-/m1/s1. The molecule has 0 aliphatic rings. The van der Waals surface area contributed by atoms with E-state index in [1.807, 2.05) is 24.3 Å². The van der Waals surface area contributed by atoms with E-state index in [4.69, 9.17) is 4.74 Å². The van der Waals surface area contributed by atoms with E-state index in [1.54, 1.807) is 0 Å². The Bertz CT molecular complexity index is 952. The van der Waals surface area contributed by atoms with Gasteiger partial charge in [-0.1, -0.05) is 32.9 Å². The van der Waals surface area contributed by atoms with Crippen molar-refractivity contribution in [1.82, 2.24) is 5.32 Å². The number of anilines is 1. The number of rotatable bonds is 8. The van der Waals surface area contributed by atoms with Gasteiger partial charge in [-0.3, -0.25) is 9.10 Å². The van der Waals surface area contributed by atoms with E-state index < -0.39 is 27.8 Å². The third-order valence-electron chi connectivity index (χ3n) is 4.56. The number of sulfonamides is 1. The zero-order valence-corrected chi connectivity index (χ0v) is 18.8. The van der Waals surface area contributed by atoms with Crippen molar-refractivity contribution in [2.24, 2.45) is 0 Å². The lowest BCUT2D eigenvalue weighted by molar-refractivity contribution is -0.121. The van der Waals surface area contributed by atoms with Gasteiger partial charge in [-0.05, 0) is 54.3 Å². The monoisotopic (exact) mass is 436 g/mol. The quantitative estimate of drug-likeness (QED) is 0.643. The van der Waals surface area contributed by atoms with Crippen LogP contribution < -0.4 is 14.4 Å². The molecule has 0 aliphatic carbocycles. The fourth-order valence-corrected chi connectivity index (χ4v) is 4.11. The summed E-state index contributed by atoms with van der Waals surface area (Å²) in [5.41, 5.74) is 1.47. The van der Waals surface area contributed by atoms with Crippen LogP contribution in [0.25, 0.3) is 0 Å². The van der Waals surface area contributed by atoms with Gasteiger partial charge in [-0.2, -0.15) is 0 Å². The van der Waals surface area contributed by atoms with Crippen LogP contribution in [0.1, 0.15) is 33.3 Å². The second-order valence-corrected chi connectivity index (χ2v) is 9.98. The van der Waals surface area contributed by atoms with Crippen molar-refractivity contribution in [1.29, 1.82) is 0 Å². The predicted molar refractivity (Wildman–Crippen MR) is 117 cm³/mol. The van der Waals surface area contributed by atoms with Crippen LogP contribution in [0.5, 0.6) is 5.75 Å². The molecule has 2 rings (SSSR count). The fourth-order valence-electron chi connectivity index (χ4n) is 2.94. The minimum Gasteiger partial charge on any atom is -0.492 e. The molecule has 0 unspecified atom stereocenters. The third kappa shape index (κ3) is 6.45. The van der Waals surface area contributed by atoms with Gasteiger partial charge in [0.25, 0.3) is 0 Å². The maximum Gasteiger partial charge on any atom is 0.243 e. The molecule has 0 spiro atoms. The van der Waals surface area contributed by atoms with Crippen LogP contribution in [0.15, 0.2) is 48.5 Å². The largest absolute Gasteiger partial charge is 0.492 e. The predicted octanol–water partition coefficient (Wildman–Crippen LogP) is 3.47. The molecule has 6 nitrogen and oxygen atoms in total. The number of hydrogen-bond acceptors (Lipinski definition) is 4. The van der Waals surface area contributed by atoms with Gasteiger partial charge >= 0.3 is 0 Å². The summed E-state index contributed by atoms with van der Waals surface area (Å²) < 4.78 is 44.2. The average molecular weight is 437 g/mol. The number of ether oxygens (including phenoxy) is 1. The van der Waals surface area contributed by atoms with Crippen LogP contribution in [-0.4, -0.2) is 39.8 Å². The van der Waals surface area contributed by atoms with Crippen molar-refractivity contribution in [3.8, 4) is 5.75 Å². The van der Waals surface area contributed by atoms with Gasteiger partial charge in [-0.15, -0.1) is 0 Å². The third-order valence-corrected chi connectivity index (χ3v) is 5.80. The summed E-state index contributed by atoms with van der Waals surface area (Å²) in [7, 11) is -3.75. The molecule has 0 fully saturated rings. The molecule has 164 valence electrons. The van der Waals surface area contributed by atoms with Crippen LogP contribution >= 0.6 is 0 Å². The summed E-state index contributed by atoms with van der Waals surface area (Å²) in [6.07, 6.45) is 1.00. The van der Waals surface area contributed by atoms with Gasteiger partial charge in [0.05, 0.1) is 18.5 Å². The summed E-state index contributed by atoms with van der Waals surface area (Å²) in [6, 6.07) is 11.7. The van der Waals surface area contributed by atoms with Crippen molar-refractivity contribution in [2.45, 2.75) is 39.2 Å². The first-order valence-electron chi connectivity index (χ1n) is 9.65. The highest BCUT2D eigenvalue weighted by atomic mass is 32.2. The van der Waals surface area contributed by atoms with Gasteiger partial charge in [0, 0.05) is 0 Å². The topological polar surface area (TPSA) is 75.7 Å². The van der Waals surface area contributed by atoms with Crippen LogP contribution in [0.2, 0.25) is 0 Å². The summed E-state index contributed by atoms with van der Waals surface area (Å²) in [5, 5.41) is 2.68. The van der Waals surface area contributed by atoms with Gasteiger partial charge in [0.2, 0.25) is 15.9 Å². The van der Waals surface area contributed by atoms with Gasteiger partial charge in [-0.25, -0.2) is 12.8 Å². The molecule has 1 N–H and O–H groups in total. The molecule has 0 saturated heterocycles. The molecule has 1 atom stereocenters. The van der Waals surface area contributed by atoms with Crippen LogP contribution in [0.3, 0.4) is 0 Å². The zero-order chi connectivity index (χ0) is 22.5. The highest BCUT2D eigenvalue weighted by Crippen LogP contribution is 2.24. The van der Waals surface area contributed by atoms with E-state index in [9.17, 15) is 17.6 Å². The molecule has 0 radical (unpaired) electrons. The Morgan fingerprint density at radius 1 is 1.10 bits per heavy atom. The van der Waals surface area contributed by atoms with E-state index in [2.05, 4.69) is 26.1 Å². The van der Waals surface area contributed by atoms with E-state index in [0.29, 0.717) is 5.75 Å². The zero-order valence-electron chi connectivity index (χ0n) is 18.0. The van der Waals surface area contributed by atoms with E-state index in [-0.39, 0.29) is 24.3 Å². The van der Waals surface area contributed by atoms with Gasteiger partial charge in [0.1, 0.15) is 24.2 Å². The molecule has 2 aromatic carbocycles. The van der Waals surface area contributed by atoms with Gasteiger partial charge in [0.15, 0.2) is 0 Å². The first kappa shape index (κ1) is 23.7. The lowest BCUT2D eigenvalue weighted by Gasteiger charge is -2.28. The lowest BCUT2D eigenvalue weighted by Crippen LogP contribution is -2.48. The molecule has 1 amide bonds. The molecular formula is C22H29FN2O4S. The lowest BCUT2D eigenvalue weighted by atomic mass is 9.87. The van der Waals surface area contributed by atoms with Crippen molar-refractivity contribution in [3.63, 3.8) is 0 Å². The van der Waals surface area contributed by atoms with Crippen LogP contribution in [0, 0.1) is 5.82 Å². The van der Waals surface area contributed by atoms with Crippen molar-refractivity contribution < 1.29 is 22.3 Å². The minimum atomic E-state index is -3.75. The molecule has 0 heterocycles. The van der Waals surface area contributed by atoms with Crippen LogP contribution in [0.4, 0.5) is 10.1 Å². The number of carbonyl (C=O) groups excluding carboxylic acids is 1. The Morgan fingerprint density at radius 3 is 2.17 bits per heavy atom. The number of nitrogens with one attached hydrogen (secondary N) is 1. The second-order valence-electron chi connectivity index (χ2n) is 8.13. The van der Waals surface area contributed by atoms with E-state index in [1.165, 1.54) is 24.6 Å². The molecule has 0 aliphatic heterocycles. The van der Waals surface area contributed by atoms with E-state index in [0.717, 1.165) is 22.7 Å². The molecule has 0 bridgehead atoms. The van der Waals surface area contributed by atoms with Crippen molar-refractivity contribution >= 4 is 21.6 Å². The number of benzene rings is 2. The molecule has 30 heavy (non-hydrogen) atoms. The Labute approximate surface area is 178 Å². The first-order valence-corrected chi connectivity index (χ1v) is 11.5. The van der Waals surface area contributed by atoms with Gasteiger partial charge < -0.3 is 10.1 Å². The van der Waals surface area contributed by atoms with Crippen molar-refractivity contribution in [3.05, 3.63) is 59.9 Å². The molecule has 8 heteroatoms. The Hall–Kier alpha value is -2.61. The fraction of sp³-hybridized carbons (Fsp3) is 0.409. The number of carbonyl (C=O) groups is 1. The second kappa shape index (κ2) is 9.47. The maximum atomic E-state index is 13.2.